The van der Waals surface area contributed by atoms with Gasteiger partial charge in [-0.1, -0.05) is 42.5 Å². The molecule has 2 saturated heterocycles. The smallest absolute Gasteiger partial charge is 0.433 e. The molecular formula is C21H23N3O5. The summed E-state index contributed by atoms with van der Waals surface area (Å²) < 4.78 is 10.7. The number of fused-ring (bicyclic) bond motifs is 1. The number of rotatable bonds is 2. The Morgan fingerprint density at radius 2 is 1.86 bits per heavy atom. The van der Waals surface area contributed by atoms with Crippen LogP contribution in [0.2, 0.25) is 0 Å². The quantitative estimate of drug-likeness (QED) is 0.717. The van der Waals surface area contributed by atoms with Gasteiger partial charge in [0.05, 0.1) is 6.04 Å². The Morgan fingerprint density at radius 3 is 2.55 bits per heavy atom. The van der Waals surface area contributed by atoms with Crippen LogP contribution in [0.15, 0.2) is 54.8 Å². The standard InChI is InChI=1S/C21H23N3O5/c1-21(2,3)29-19(26)22-12-8-7-11-15-17(18(25)24(15)22)23-16(13-28-20(23)27)14-9-5-4-6-10-14/h4-12,15-17H,13H2,1-3H3/t15-,16+,17-/m1/s1. The fraction of sp³-hybridized carbons (Fsp3) is 0.381. The van der Waals surface area contributed by atoms with Crippen molar-refractivity contribution in [3.8, 4) is 0 Å². The van der Waals surface area contributed by atoms with Gasteiger partial charge in [0.1, 0.15) is 24.3 Å². The maximum absolute atomic E-state index is 13.1. The SMILES string of the molecule is CC(C)(C)OC(=O)N1C=CC=C[C@@H]2[C@@H](N3C(=O)OC[C@H]3c3ccccc3)C(=O)N21. The van der Waals surface area contributed by atoms with Gasteiger partial charge in [-0.05, 0) is 32.4 Å². The highest BCUT2D eigenvalue weighted by Gasteiger charge is 2.58. The van der Waals surface area contributed by atoms with E-state index in [4.69, 9.17) is 9.47 Å². The van der Waals surface area contributed by atoms with Crippen LogP contribution >= 0.6 is 0 Å². The zero-order valence-corrected chi connectivity index (χ0v) is 16.5. The summed E-state index contributed by atoms with van der Waals surface area (Å²) in [4.78, 5) is 39.7. The molecule has 0 spiro atoms. The van der Waals surface area contributed by atoms with Crippen molar-refractivity contribution in [3.63, 3.8) is 0 Å². The number of allylic oxidation sites excluding steroid dienone is 2. The van der Waals surface area contributed by atoms with Crippen LogP contribution in [0.3, 0.4) is 0 Å². The predicted molar refractivity (Wildman–Crippen MR) is 103 cm³/mol. The maximum Gasteiger partial charge on any atom is 0.433 e. The first-order chi connectivity index (χ1) is 13.8. The van der Waals surface area contributed by atoms with Crippen molar-refractivity contribution < 1.29 is 23.9 Å². The lowest BCUT2D eigenvalue weighted by molar-refractivity contribution is -0.176. The summed E-state index contributed by atoms with van der Waals surface area (Å²) in [5.74, 6) is -0.364. The highest BCUT2D eigenvalue weighted by atomic mass is 16.6. The molecule has 4 rings (SSSR count). The molecule has 0 unspecified atom stereocenters. The van der Waals surface area contributed by atoms with Crippen molar-refractivity contribution >= 4 is 18.1 Å². The Hall–Kier alpha value is -3.29. The number of hydrogen-bond acceptors (Lipinski definition) is 5. The molecule has 3 aliphatic rings. The average Bonchev–Trinajstić information content (AvgIpc) is 2.91. The lowest BCUT2D eigenvalue weighted by atomic mass is 9.93. The molecule has 3 aliphatic heterocycles. The molecule has 0 N–H and O–H groups in total. The van der Waals surface area contributed by atoms with E-state index in [2.05, 4.69) is 0 Å². The monoisotopic (exact) mass is 397 g/mol. The normalized spacial score (nSPS) is 26.0. The Kier molecular flexibility index (Phi) is 4.56. The Labute approximate surface area is 168 Å². The topological polar surface area (TPSA) is 79.4 Å². The summed E-state index contributed by atoms with van der Waals surface area (Å²) in [6.07, 6.45) is 5.49. The molecule has 0 aliphatic carbocycles. The van der Waals surface area contributed by atoms with E-state index in [-0.39, 0.29) is 18.6 Å². The first kappa shape index (κ1) is 19.0. The molecule has 0 radical (unpaired) electrons. The van der Waals surface area contributed by atoms with Gasteiger partial charge in [0, 0.05) is 6.20 Å². The number of carbonyl (C=O) groups is 3. The molecule has 1 aromatic carbocycles. The average molecular weight is 397 g/mol. The number of nitrogens with zero attached hydrogens (tertiary/aromatic N) is 3. The zero-order chi connectivity index (χ0) is 20.8. The highest BCUT2D eigenvalue weighted by molar-refractivity contribution is 5.95. The van der Waals surface area contributed by atoms with Crippen LogP contribution in [0.4, 0.5) is 9.59 Å². The minimum absolute atomic E-state index is 0.178. The molecule has 8 heteroatoms. The summed E-state index contributed by atoms with van der Waals surface area (Å²) in [7, 11) is 0. The number of hydrazine groups is 1. The van der Waals surface area contributed by atoms with E-state index in [0.29, 0.717) is 0 Å². The van der Waals surface area contributed by atoms with Crippen molar-refractivity contribution in [1.82, 2.24) is 14.9 Å². The van der Waals surface area contributed by atoms with Gasteiger partial charge in [-0.25, -0.2) is 14.6 Å². The van der Waals surface area contributed by atoms with Crippen molar-refractivity contribution in [2.24, 2.45) is 0 Å². The van der Waals surface area contributed by atoms with Crippen molar-refractivity contribution in [1.29, 1.82) is 0 Å². The molecule has 3 heterocycles. The second-order valence-corrected chi connectivity index (χ2v) is 8.08. The fourth-order valence-electron chi connectivity index (χ4n) is 3.71. The van der Waals surface area contributed by atoms with E-state index >= 15 is 0 Å². The number of ether oxygens (including phenoxy) is 2. The molecule has 152 valence electrons. The summed E-state index contributed by atoms with van der Waals surface area (Å²) in [6.45, 7) is 5.45. The summed E-state index contributed by atoms with van der Waals surface area (Å²) in [6, 6.07) is 7.84. The number of hydrogen-bond donors (Lipinski definition) is 0. The van der Waals surface area contributed by atoms with Crippen LogP contribution < -0.4 is 0 Å². The highest BCUT2D eigenvalue weighted by Crippen LogP contribution is 2.38. The molecule has 0 bridgehead atoms. The van der Waals surface area contributed by atoms with Gasteiger partial charge in [-0.2, -0.15) is 5.01 Å². The predicted octanol–water partition coefficient (Wildman–Crippen LogP) is 2.99. The Morgan fingerprint density at radius 1 is 1.14 bits per heavy atom. The van der Waals surface area contributed by atoms with Crippen molar-refractivity contribution in [2.45, 2.75) is 44.5 Å². The van der Waals surface area contributed by atoms with Gasteiger partial charge in [0.15, 0.2) is 0 Å². The van der Waals surface area contributed by atoms with Crippen molar-refractivity contribution in [3.05, 3.63) is 60.3 Å². The van der Waals surface area contributed by atoms with E-state index in [1.165, 1.54) is 16.1 Å². The summed E-state index contributed by atoms with van der Waals surface area (Å²) in [5.41, 5.74) is 0.189. The van der Waals surface area contributed by atoms with Crippen LogP contribution in [-0.2, 0) is 14.3 Å². The number of β-lactam (4-membered cyclic amide) rings is 1. The molecule has 29 heavy (non-hydrogen) atoms. The largest absolute Gasteiger partial charge is 0.447 e. The first-order valence-electron chi connectivity index (χ1n) is 9.48. The van der Waals surface area contributed by atoms with Gasteiger partial charge in [0.25, 0.3) is 5.91 Å². The van der Waals surface area contributed by atoms with E-state index in [9.17, 15) is 14.4 Å². The van der Waals surface area contributed by atoms with Gasteiger partial charge in [0.2, 0.25) is 0 Å². The van der Waals surface area contributed by atoms with Gasteiger partial charge in [-0.15, -0.1) is 0 Å². The third kappa shape index (κ3) is 3.35. The number of amides is 3. The molecular weight excluding hydrogens is 374 g/mol. The van der Waals surface area contributed by atoms with Crippen molar-refractivity contribution in [2.75, 3.05) is 6.61 Å². The summed E-state index contributed by atoms with van der Waals surface area (Å²) >= 11 is 0. The fourth-order valence-corrected chi connectivity index (χ4v) is 3.71. The van der Waals surface area contributed by atoms with Crippen LogP contribution in [0.5, 0.6) is 0 Å². The molecule has 3 atom stereocenters. The van der Waals surface area contributed by atoms with Gasteiger partial charge in [-0.3, -0.25) is 9.69 Å². The van der Waals surface area contributed by atoms with Gasteiger partial charge < -0.3 is 9.47 Å². The number of cyclic esters (lactones) is 1. The van der Waals surface area contributed by atoms with E-state index < -0.39 is 29.9 Å². The van der Waals surface area contributed by atoms with Crippen LogP contribution in [0.1, 0.15) is 32.4 Å². The lowest BCUT2D eigenvalue weighted by Gasteiger charge is -2.51. The van der Waals surface area contributed by atoms with Gasteiger partial charge >= 0.3 is 12.2 Å². The zero-order valence-electron chi connectivity index (χ0n) is 16.5. The molecule has 1 aromatic rings. The Balaban J connectivity index is 1.60. The van der Waals surface area contributed by atoms with Crippen LogP contribution in [-0.4, -0.2) is 57.3 Å². The third-order valence-corrected chi connectivity index (χ3v) is 4.94. The second-order valence-electron chi connectivity index (χ2n) is 8.08. The molecule has 0 aromatic heterocycles. The minimum atomic E-state index is -0.753. The van der Waals surface area contributed by atoms with Crippen LogP contribution in [0.25, 0.3) is 0 Å². The van der Waals surface area contributed by atoms with E-state index in [0.717, 1.165) is 10.6 Å². The summed E-state index contributed by atoms with van der Waals surface area (Å²) in [5, 5.41) is 2.47. The molecule has 2 fully saturated rings. The van der Waals surface area contributed by atoms with Crippen LogP contribution in [0, 0.1) is 0 Å². The minimum Gasteiger partial charge on any atom is -0.447 e. The second kappa shape index (κ2) is 6.95. The Bertz CT molecular complexity index is 889. The molecule has 0 saturated carbocycles. The van der Waals surface area contributed by atoms with E-state index in [1.54, 1.807) is 39.0 Å². The number of benzene rings is 1. The maximum atomic E-state index is 13.1. The lowest BCUT2D eigenvalue weighted by Crippen LogP contribution is -2.74. The molecule has 3 amide bonds. The first-order valence-corrected chi connectivity index (χ1v) is 9.48. The third-order valence-electron chi connectivity index (χ3n) is 4.94. The number of carbonyl (C=O) groups excluding carboxylic acids is 3. The van der Waals surface area contributed by atoms with E-state index in [1.807, 2.05) is 30.3 Å². The molecule has 8 nitrogen and oxygen atoms in total.